The maximum atomic E-state index is 7.81. The van der Waals surface area contributed by atoms with Gasteiger partial charge in [-0.1, -0.05) is 61.9 Å². The van der Waals surface area contributed by atoms with Crippen molar-refractivity contribution in [1.82, 2.24) is 4.57 Å². The number of nitrogens with zero attached hydrogens (tertiary/aromatic N) is 2. The molecule has 0 spiro atoms. The Bertz CT molecular complexity index is 1100. The Hall–Kier alpha value is -3.27. The van der Waals surface area contributed by atoms with E-state index < -0.39 is 0 Å². The van der Waals surface area contributed by atoms with E-state index in [1.54, 1.807) is 0 Å². The average Bonchev–Trinajstić information content (AvgIpc) is 3.04. The van der Waals surface area contributed by atoms with E-state index in [9.17, 15) is 0 Å². The number of aryl methyl sites for hydroxylation is 1. The summed E-state index contributed by atoms with van der Waals surface area (Å²) in [5, 5.41) is 13.3. The monoisotopic (exact) mass is 356 g/mol. The first-order chi connectivity index (χ1) is 13.2. The molecule has 0 fully saturated rings. The highest BCUT2D eigenvalue weighted by Crippen LogP contribution is 2.30. The van der Waals surface area contributed by atoms with E-state index in [0.717, 1.165) is 22.8 Å². The number of benzene rings is 3. The predicted octanol–water partition coefficient (Wildman–Crippen LogP) is 6.53. The first kappa shape index (κ1) is 18.5. The molecule has 0 aliphatic carbocycles. The zero-order valence-electron chi connectivity index (χ0n) is 16.0. The van der Waals surface area contributed by atoms with E-state index in [-0.39, 0.29) is 5.84 Å². The van der Waals surface area contributed by atoms with E-state index >= 15 is 0 Å². The molecule has 4 aromatic rings. The molecule has 0 unspecified atom stereocenters. The molecular formula is C23H24N4. The van der Waals surface area contributed by atoms with Gasteiger partial charge in [-0.05, 0) is 36.8 Å². The Labute approximate surface area is 159 Å². The number of amidine groups is 1. The summed E-state index contributed by atoms with van der Waals surface area (Å²) >= 11 is 0. The molecule has 4 rings (SSSR count). The summed E-state index contributed by atoms with van der Waals surface area (Å²) in [5.74, 6) is -0.0164. The lowest BCUT2D eigenvalue weighted by molar-refractivity contribution is 0.868. The van der Waals surface area contributed by atoms with Crippen molar-refractivity contribution in [3.05, 3.63) is 83.4 Å². The molecular weight excluding hydrogens is 332 g/mol. The highest BCUT2D eigenvalue weighted by Gasteiger charge is 2.12. The zero-order valence-corrected chi connectivity index (χ0v) is 16.0. The molecule has 27 heavy (non-hydrogen) atoms. The molecule has 0 atom stereocenters. The largest absolute Gasteiger partial charge is 0.336 e. The molecule has 1 heterocycles. The number of fused-ring (bicyclic) bond motifs is 3. The van der Waals surface area contributed by atoms with Gasteiger partial charge in [0, 0.05) is 33.9 Å². The first-order valence-electron chi connectivity index (χ1n) is 9.20. The molecule has 0 saturated heterocycles. The third-order valence-electron chi connectivity index (χ3n) is 4.62. The van der Waals surface area contributed by atoms with Gasteiger partial charge in [0.1, 0.15) is 0 Å². The van der Waals surface area contributed by atoms with Gasteiger partial charge in [-0.3, -0.25) is 5.41 Å². The zero-order chi connectivity index (χ0) is 19.4. The predicted molar refractivity (Wildman–Crippen MR) is 113 cm³/mol. The maximum absolute atomic E-state index is 7.81. The summed E-state index contributed by atoms with van der Waals surface area (Å²) in [6.07, 6.45) is 0. The van der Waals surface area contributed by atoms with E-state index in [4.69, 9.17) is 10.9 Å². The van der Waals surface area contributed by atoms with Crippen LogP contribution in [0.4, 0.5) is 0 Å². The number of para-hydroxylation sites is 1. The lowest BCUT2D eigenvalue weighted by atomic mass is 10.1. The summed E-state index contributed by atoms with van der Waals surface area (Å²) in [6.45, 7) is 6.89. The van der Waals surface area contributed by atoms with Crippen molar-refractivity contribution in [2.24, 2.45) is 5.11 Å². The van der Waals surface area contributed by atoms with Crippen LogP contribution in [0, 0.1) is 17.9 Å². The first-order valence-corrected chi connectivity index (χ1v) is 9.20. The van der Waals surface area contributed by atoms with Gasteiger partial charge >= 0.3 is 0 Å². The van der Waals surface area contributed by atoms with Crippen LogP contribution in [0.2, 0.25) is 0 Å². The lowest BCUT2D eigenvalue weighted by Gasteiger charge is -2.08. The molecule has 0 aliphatic heterocycles. The Morgan fingerprint density at radius 3 is 2.26 bits per heavy atom. The van der Waals surface area contributed by atoms with Gasteiger partial charge in [0.25, 0.3) is 0 Å². The fourth-order valence-electron chi connectivity index (χ4n) is 3.31. The molecule has 4 nitrogen and oxygen atoms in total. The van der Waals surface area contributed by atoms with Crippen molar-refractivity contribution in [1.29, 1.82) is 10.9 Å². The second-order valence-corrected chi connectivity index (χ2v) is 6.28. The van der Waals surface area contributed by atoms with Crippen molar-refractivity contribution >= 4 is 27.6 Å². The second-order valence-electron chi connectivity index (χ2n) is 6.28. The Kier molecular flexibility index (Phi) is 5.46. The van der Waals surface area contributed by atoms with Crippen molar-refractivity contribution in [2.75, 3.05) is 0 Å². The minimum atomic E-state index is -0.0164. The summed E-state index contributed by atoms with van der Waals surface area (Å²) in [6, 6.07) is 22.8. The molecule has 4 heteroatoms. The van der Waals surface area contributed by atoms with Gasteiger partial charge < -0.3 is 4.57 Å². The molecule has 2 N–H and O–H groups in total. The number of hydrogen-bond acceptors (Lipinski definition) is 2. The van der Waals surface area contributed by atoms with Gasteiger partial charge in [0.15, 0.2) is 5.84 Å². The molecule has 1 aromatic heterocycles. The van der Waals surface area contributed by atoms with Crippen molar-refractivity contribution in [2.45, 2.75) is 27.3 Å². The minimum Gasteiger partial charge on any atom is -0.336 e. The molecule has 0 bridgehead atoms. The summed E-state index contributed by atoms with van der Waals surface area (Å²) < 4.78 is 2.31. The SMILES string of the molecule is CC.Cc1ccc(Cn2c3ccccc3c3cc(C(=N)N=N)ccc32)cc1. The molecule has 0 aliphatic rings. The Morgan fingerprint density at radius 2 is 1.56 bits per heavy atom. The van der Waals surface area contributed by atoms with Crippen LogP contribution in [0.1, 0.15) is 30.5 Å². The topological polar surface area (TPSA) is 65.0 Å². The molecule has 3 aromatic carbocycles. The molecule has 136 valence electrons. The van der Waals surface area contributed by atoms with Crippen LogP contribution in [0.3, 0.4) is 0 Å². The number of aromatic nitrogens is 1. The van der Waals surface area contributed by atoms with E-state index in [1.165, 1.54) is 16.6 Å². The van der Waals surface area contributed by atoms with Gasteiger partial charge in [0.2, 0.25) is 0 Å². The highest BCUT2D eigenvalue weighted by molar-refractivity contribution is 6.11. The summed E-state index contributed by atoms with van der Waals surface area (Å²) in [7, 11) is 0. The highest BCUT2D eigenvalue weighted by atomic mass is 15.0. The smallest absolute Gasteiger partial charge is 0.173 e. The van der Waals surface area contributed by atoms with Gasteiger partial charge in [-0.25, -0.2) is 5.53 Å². The minimum absolute atomic E-state index is 0.0164. The van der Waals surface area contributed by atoms with Crippen LogP contribution >= 0.6 is 0 Å². The summed E-state index contributed by atoms with van der Waals surface area (Å²) in [4.78, 5) is 0. The van der Waals surface area contributed by atoms with E-state index in [2.05, 4.69) is 59.1 Å². The van der Waals surface area contributed by atoms with E-state index in [1.807, 2.05) is 38.1 Å². The normalized spacial score (nSPS) is 10.5. The maximum Gasteiger partial charge on any atom is 0.173 e. The average molecular weight is 356 g/mol. The lowest BCUT2D eigenvalue weighted by Crippen LogP contribution is -2.00. The van der Waals surface area contributed by atoms with Crippen LogP contribution < -0.4 is 0 Å². The van der Waals surface area contributed by atoms with Crippen LogP contribution in [0.5, 0.6) is 0 Å². The van der Waals surface area contributed by atoms with Crippen molar-refractivity contribution < 1.29 is 0 Å². The standard InChI is InChI=1S/C21H18N4.C2H6/c1-14-6-8-15(9-7-14)13-25-19-5-3-2-4-17(19)18-12-16(21(22)24-23)10-11-20(18)25;1-2/h2-12,22-23H,13H2,1H3;1-2H3. The Morgan fingerprint density at radius 1 is 0.889 bits per heavy atom. The molecule has 0 radical (unpaired) electrons. The van der Waals surface area contributed by atoms with Gasteiger partial charge in [-0.2, -0.15) is 0 Å². The molecule has 0 amide bonds. The van der Waals surface area contributed by atoms with Gasteiger partial charge in [-0.15, -0.1) is 5.11 Å². The van der Waals surface area contributed by atoms with Crippen LogP contribution in [-0.2, 0) is 6.54 Å². The van der Waals surface area contributed by atoms with Crippen LogP contribution in [-0.4, -0.2) is 10.4 Å². The van der Waals surface area contributed by atoms with Crippen LogP contribution in [0.25, 0.3) is 21.8 Å². The third-order valence-corrected chi connectivity index (χ3v) is 4.62. The van der Waals surface area contributed by atoms with Gasteiger partial charge in [0.05, 0.1) is 0 Å². The number of rotatable bonds is 3. The fourth-order valence-corrected chi connectivity index (χ4v) is 3.31. The Balaban J connectivity index is 0.00000102. The third kappa shape index (κ3) is 3.51. The second kappa shape index (κ2) is 7.96. The van der Waals surface area contributed by atoms with Crippen molar-refractivity contribution in [3.63, 3.8) is 0 Å². The quantitative estimate of drug-likeness (QED) is 0.238. The van der Waals surface area contributed by atoms with Crippen LogP contribution in [0.15, 0.2) is 71.8 Å². The molecule has 0 saturated carbocycles. The van der Waals surface area contributed by atoms with Crippen molar-refractivity contribution in [3.8, 4) is 0 Å². The summed E-state index contributed by atoms with van der Waals surface area (Å²) in [5.41, 5.74) is 12.6. The number of hydrogen-bond donors (Lipinski definition) is 2. The fraction of sp³-hybridized carbons (Fsp3) is 0.174. The number of nitrogens with one attached hydrogen (secondary N) is 2. The van der Waals surface area contributed by atoms with E-state index in [0.29, 0.717) is 5.56 Å².